The molecule has 3 heterocycles. The zero-order valence-electron chi connectivity index (χ0n) is 15.3. The lowest BCUT2D eigenvalue weighted by molar-refractivity contribution is -0.152. The van der Waals surface area contributed by atoms with Crippen molar-refractivity contribution in [3.05, 3.63) is 42.0 Å². The Bertz CT molecular complexity index is 741. The van der Waals surface area contributed by atoms with Crippen LogP contribution in [0.4, 0.5) is 5.69 Å². The van der Waals surface area contributed by atoms with Gasteiger partial charge in [0.25, 0.3) is 0 Å². The predicted molar refractivity (Wildman–Crippen MR) is 97.8 cm³/mol. The van der Waals surface area contributed by atoms with E-state index in [1.165, 1.54) is 5.56 Å². The zero-order valence-corrected chi connectivity index (χ0v) is 15.3. The Kier molecular flexibility index (Phi) is 4.35. The van der Waals surface area contributed by atoms with Crippen molar-refractivity contribution in [2.45, 2.75) is 44.8 Å². The molecule has 1 aromatic rings. The first-order valence-corrected chi connectivity index (χ1v) is 9.54. The molecule has 1 amide bonds. The van der Waals surface area contributed by atoms with Gasteiger partial charge in [-0.05, 0) is 30.5 Å². The smallest absolute Gasteiger partial charge is 0.312 e. The van der Waals surface area contributed by atoms with Crippen molar-refractivity contribution in [1.82, 2.24) is 0 Å². The van der Waals surface area contributed by atoms with Crippen molar-refractivity contribution in [2.24, 2.45) is 11.8 Å². The van der Waals surface area contributed by atoms with Gasteiger partial charge in [0.2, 0.25) is 5.91 Å². The van der Waals surface area contributed by atoms with E-state index in [1.54, 1.807) is 4.90 Å². The summed E-state index contributed by atoms with van der Waals surface area (Å²) in [5.74, 6) is -1.38. The van der Waals surface area contributed by atoms with E-state index >= 15 is 0 Å². The Morgan fingerprint density at radius 3 is 2.77 bits per heavy atom. The Morgan fingerprint density at radius 2 is 2.08 bits per heavy atom. The fraction of sp³-hybridized carbons (Fsp3) is 0.524. The van der Waals surface area contributed by atoms with E-state index in [1.807, 2.05) is 43.3 Å². The molecule has 4 atom stereocenters. The number of fused-ring (bicyclic) bond motifs is 1. The molecule has 0 N–H and O–H groups in total. The molecule has 4 rings (SSSR count). The summed E-state index contributed by atoms with van der Waals surface area (Å²) in [6.07, 6.45) is 6.29. The van der Waals surface area contributed by atoms with E-state index in [0.717, 1.165) is 24.9 Å². The average molecular weight is 355 g/mol. The Hall–Kier alpha value is -2.14. The molecule has 2 fully saturated rings. The van der Waals surface area contributed by atoms with Crippen LogP contribution in [0.2, 0.25) is 0 Å². The van der Waals surface area contributed by atoms with Gasteiger partial charge in [0.15, 0.2) is 0 Å². The predicted octanol–water partition coefficient (Wildman–Crippen LogP) is 2.88. The minimum Gasteiger partial charge on any atom is -0.465 e. The van der Waals surface area contributed by atoms with Crippen LogP contribution in [0.25, 0.3) is 0 Å². The second kappa shape index (κ2) is 6.54. The summed E-state index contributed by atoms with van der Waals surface area (Å²) >= 11 is 0. The molecule has 0 saturated carbocycles. The highest BCUT2D eigenvalue weighted by atomic mass is 16.6. The van der Waals surface area contributed by atoms with Crippen molar-refractivity contribution in [3.63, 3.8) is 0 Å². The van der Waals surface area contributed by atoms with Gasteiger partial charge in [-0.1, -0.05) is 44.6 Å². The molecule has 3 aliphatic heterocycles. The van der Waals surface area contributed by atoms with Crippen LogP contribution in [0.1, 0.15) is 32.3 Å². The SMILES string of the molecule is CCCCOC(=O)[C@H]1[C@@H]2C=C[C@]3(CN(c4ccc(CC)cc4)C(=O)[C@H]13)O2. The number of hydrogen-bond donors (Lipinski definition) is 0. The van der Waals surface area contributed by atoms with Crippen molar-refractivity contribution >= 4 is 17.6 Å². The topological polar surface area (TPSA) is 55.8 Å². The summed E-state index contributed by atoms with van der Waals surface area (Å²) in [4.78, 5) is 27.5. The normalized spacial score (nSPS) is 31.5. The zero-order chi connectivity index (χ0) is 18.3. The first-order valence-electron chi connectivity index (χ1n) is 9.54. The molecule has 5 nitrogen and oxygen atoms in total. The third-order valence-corrected chi connectivity index (χ3v) is 5.77. The summed E-state index contributed by atoms with van der Waals surface area (Å²) in [6, 6.07) is 8.02. The molecular formula is C21H25NO4. The third kappa shape index (κ3) is 2.57. The highest BCUT2D eigenvalue weighted by molar-refractivity contribution is 6.02. The maximum absolute atomic E-state index is 13.2. The Labute approximate surface area is 154 Å². The fourth-order valence-electron chi connectivity index (χ4n) is 4.31. The number of anilines is 1. The summed E-state index contributed by atoms with van der Waals surface area (Å²) in [6.45, 7) is 5.01. The minimum absolute atomic E-state index is 0.0430. The molecule has 5 heteroatoms. The molecule has 0 unspecified atom stereocenters. The fourth-order valence-corrected chi connectivity index (χ4v) is 4.31. The second-order valence-electron chi connectivity index (χ2n) is 7.37. The van der Waals surface area contributed by atoms with Crippen LogP contribution in [0.3, 0.4) is 0 Å². The lowest BCUT2D eigenvalue weighted by Gasteiger charge is -2.22. The van der Waals surface area contributed by atoms with Crippen molar-refractivity contribution < 1.29 is 19.1 Å². The molecule has 2 bridgehead atoms. The molecule has 1 spiro atoms. The van der Waals surface area contributed by atoms with Crippen molar-refractivity contribution in [2.75, 3.05) is 18.1 Å². The third-order valence-electron chi connectivity index (χ3n) is 5.77. The van der Waals surface area contributed by atoms with E-state index < -0.39 is 17.4 Å². The number of esters is 1. The number of benzene rings is 1. The molecule has 0 aliphatic carbocycles. The van der Waals surface area contributed by atoms with Gasteiger partial charge in [-0.3, -0.25) is 9.59 Å². The maximum Gasteiger partial charge on any atom is 0.312 e. The van der Waals surface area contributed by atoms with E-state index in [-0.39, 0.29) is 18.0 Å². The number of ether oxygens (including phenoxy) is 2. The number of aryl methyl sites for hydroxylation is 1. The lowest BCUT2D eigenvalue weighted by Crippen LogP contribution is -2.40. The summed E-state index contributed by atoms with van der Waals surface area (Å²) < 4.78 is 11.5. The molecule has 26 heavy (non-hydrogen) atoms. The average Bonchev–Trinajstić information content (AvgIpc) is 3.30. The molecule has 138 valence electrons. The van der Waals surface area contributed by atoms with Crippen LogP contribution in [-0.2, 0) is 25.5 Å². The van der Waals surface area contributed by atoms with E-state index in [2.05, 4.69) is 6.92 Å². The monoisotopic (exact) mass is 355 g/mol. The van der Waals surface area contributed by atoms with Crippen molar-refractivity contribution in [1.29, 1.82) is 0 Å². The number of unbranched alkanes of at least 4 members (excludes halogenated alkanes) is 1. The molecule has 0 radical (unpaired) electrons. The first-order chi connectivity index (χ1) is 12.6. The van der Waals surface area contributed by atoms with Gasteiger partial charge in [-0.25, -0.2) is 0 Å². The van der Waals surface area contributed by atoms with Crippen LogP contribution in [0, 0.1) is 11.8 Å². The number of rotatable bonds is 6. The Morgan fingerprint density at radius 1 is 1.31 bits per heavy atom. The summed E-state index contributed by atoms with van der Waals surface area (Å²) in [7, 11) is 0. The van der Waals surface area contributed by atoms with Crippen LogP contribution < -0.4 is 4.90 Å². The van der Waals surface area contributed by atoms with Gasteiger partial charge in [0, 0.05) is 5.69 Å². The van der Waals surface area contributed by atoms with Gasteiger partial charge < -0.3 is 14.4 Å². The highest BCUT2D eigenvalue weighted by Crippen LogP contribution is 2.52. The lowest BCUT2D eigenvalue weighted by atomic mass is 9.77. The molecule has 2 saturated heterocycles. The van der Waals surface area contributed by atoms with Crippen LogP contribution in [0.15, 0.2) is 36.4 Å². The standard InChI is InChI=1S/C21H25NO4/c1-3-5-12-25-20(24)17-16-10-11-21(26-16)13-22(19(23)18(17)21)15-8-6-14(4-2)7-9-15/h6-11,16-18H,3-5,12-13H2,1-2H3/t16-,17-,18-,21+/m0/s1. The van der Waals surface area contributed by atoms with Gasteiger partial charge in [-0.2, -0.15) is 0 Å². The largest absolute Gasteiger partial charge is 0.465 e. The van der Waals surface area contributed by atoms with E-state index in [0.29, 0.717) is 13.2 Å². The number of carbonyl (C=O) groups is 2. The van der Waals surface area contributed by atoms with Crippen molar-refractivity contribution in [3.8, 4) is 0 Å². The summed E-state index contributed by atoms with van der Waals surface area (Å²) in [5.41, 5.74) is 1.39. The number of amides is 1. The van der Waals surface area contributed by atoms with Crippen LogP contribution >= 0.6 is 0 Å². The first kappa shape index (κ1) is 17.3. The van der Waals surface area contributed by atoms with Gasteiger partial charge in [0.1, 0.15) is 11.5 Å². The van der Waals surface area contributed by atoms with Gasteiger partial charge in [0.05, 0.1) is 25.2 Å². The quantitative estimate of drug-likeness (QED) is 0.447. The van der Waals surface area contributed by atoms with Crippen LogP contribution in [-0.4, -0.2) is 36.7 Å². The number of carbonyl (C=O) groups excluding carboxylic acids is 2. The van der Waals surface area contributed by atoms with Gasteiger partial charge >= 0.3 is 5.97 Å². The minimum atomic E-state index is -0.695. The molecule has 0 aromatic heterocycles. The number of nitrogens with zero attached hydrogens (tertiary/aromatic N) is 1. The van der Waals surface area contributed by atoms with Gasteiger partial charge in [-0.15, -0.1) is 0 Å². The van der Waals surface area contributed by atoms with Crippen LogP contribution in [0.5, 0.6) is 0 Å². The highest BCUT2D eigenvalue weighted by Gasteiger charge is 2.67. The van der Waals surface area contributed by atoms with E-state index in [4.69, 9.17) is 9.47 Å². The molecule has 1 aromatic carbocycles. The summed E-state index contributed by atoms with van der Waals surface area (Å²) in [5, 5.41) is 0. The maximum atomic E-state index is 13.2. The second-order valence-corrected chi connectivity index (χ2v) is 7.37. The molecule has 3 aliphatic rings. The Balaban J connectivity index is 1.57. The number of hydrogen-bond acceptors (Lipinski definition) is 4. The van der Waals surface area contributed by atoms with E-state index in [9.17, 15) is 9.59 Å². The molecular weight excluding hydrogens is 330 g/mol.